The maximum Gasteiger partial charge on any atom is 0.374 e. The number of carboxylic acids is 1. The molecule has 2 heterocycles. The molecule has 2 aromatic heterocycles. The first-order valence-corrected chi connectivity index (χ1v) is 3.52. The quantitative estimate of drug-likeness (QED) is 0.580. The lowest BCUT2D eigenvalue weighted by molar-refractivity contribution is 0.0684. The smallest absolute Gasteiger partial charge is 0.374 e. The van der Waals surface area contributed by atoms with E-state index >= 15 is 0 Å². The molecule has 0 aliphatic carbocycles. The van der Waals surface area contributed by atoms with Gasteiger partial charge in [0, 0.05) is 6.20 Å². The van der Waals surface area contributed by atoms with Crippen molar-refractivity contribution >= 4 is 22.8 Å². The van der Waals surface area contributed by atoms with Crippen molar-refractivity contribution < 1.29 is 9.90 Å². The van der Waals surface area contributed by atoms with Crippen molar-refractivity contribution in [1.29, 1.82) is 0 Å². The highest BCUT2D eigenvalue weighted by Crippen LogP contribution is 2.15. The van der Waals surface area contributed by atoms with Crippen LogP contribution in [0.4, 0.5) is 5.82 Å². The molecule has 0 radical (unpaired) electrons. The third-order valence-electron chi connectivity index (χ3n) is 1.64. The van der Waals surface area contributed by atoms with Crippen molar-refractivity contribution in [1.82, 2.24) is 15.0 Å². The summed E-state index contributed by atoms with van der Waals surface area (Å²) in [5, 5.41) is 9.24. The lowest BCUT2D eigenvalue weighted by Crippen LogP contribution is -2.06. The zero-order valence-electron chi connectivity index (χ0n) is 6.48. The minimum absolute atomic E-state index is 0.170. The molecular formula is C7H6N4O2. The van der Waals surface area contributed by atoms with Crippen molar-refractivity contribution in [3.05, 3.63) is 18.1 Å². The fourth-order valence-electron chi connectivity index (χ4n) is 1.06. The van der Waals surface area contributed by atoms with Gasteiger partial charge in [-0.25, -0.2) is 14.8 Å². The predicted octanol–water partition coefficient (Wildman–Crippen LogP) is 0.238. The number of hydrogen-bond acceptors (Lipinski definition) is 4. The molecule has 4 N–H and O–H groups in total. The second-order valence-electron chi connectivity index (χ2n) is 2.48. The number of carboxylic acid groups (broad SMARTS) is 1. The molecule has 0 aliphatic rings. The molecule has 2 aromatic rings. The number of aromatic nitrogens is 3. The number of fused-ring (bicyclic) bond motifs is 1. The number of nitrogens with zero attached hydrogens (tertiary/aromatic N) is 2. The summed E-state index contributed by atoms with van der Waals surface area (Å²) >= 11 is 0. The van der Waals surface area contributed by atoms with Gasteiger partial charge in [0.05, 0.1) is 5.39 Å². The molecule has 0 aliphatic heterocycles. The summed E-state index contributed by atoms with van der Waals surface area (Å²) in [5.74, 6) is -1.32. The van der Waals surface area contributed by atoms with E-state index in [1.54, 1.807) is 12.3 Å². The molecule has 0 bridgehead atoms. The summed E-state index contributed by atoms with van der Waals surface area (Å²) in [6.45, 7) is 0. The van der Waals surface area contributed by atoms with Crippen molar-refractivity contribution in [2.75, 3.05) is 5.73 Å². The number of nitrogens with one attached hydrogen (secondary N) is 1. The summed E-state index contributed by atoms with van der Waals surface area (Å²) < 4.78 is 0. The summed E-state index contributed by atoms with van der Waals surface area (Å²) in [5.41, 5.74) is 5.94. The molecule has 0 spiro atoms. The van der Waals surface area contributed by atoms with Crippen molar-refractivity contribution in [3.63, 3.8) is 0 Å². The van der Waals surface area contributed by atoms with Gasteiger partial charge in [-0.15, -0.1) is 0 Å². The second-order valence-corrected chi connectivity index (χ2v) is 2.48. The van der Waals surface area contributed by atoms with E-state index in [1.165, 1.54) is 0 Å². The van der Waals surface area contributed by atoms with E-state index < -0.39 is 5.97 Å². The largest absolute Gasteiger partial charge is 0.475 e. The highest BCUT2D eigenvalue weighted by molar-refractivity contribution is 5.91. The highest BCUT2D eigenvalue weighted by Gasteiger charge is 2.10. The lowest BCUT2D eigenvalue weighted by Gasteiger charge is -1.96. The minimum Gasteiger partial charge on any atom is -0.475 e. The number of nitrogen functional groups attached to an aromatic ring is 1. The molecule has 0 fully saturated rings. The monoisotopic (exact) mass is 178 g/mol. The van der Waals surface area contributed by atoms with Gasteiger partial charge in [-0.2, -0.15) is 0 Å². The van der Waals surface area contributed by atoms with E-state index in [4.69, 9.17) is 10.8 Å². The first kappa shape index (κ1) is 7.53. The van der Waals surface area contributed by atoms with Crippen LogP contribution in [-0.4, -0.2) is 26.0 Å². The molecular weight excluding hydrogens is 172 g/mol. The van der Waals surface area contributed by atoms with Crippen LogP contribution >= 0.6 is 0 Å². The van der Waals surface area contributed by atoms with Gasteiger partial charge in [0.15, 0.2) is 0 Å². The zero-order chi connectivity index (χ0) is 9.42. The maximum absolute atomic E-state index is 10.5. The number of H-pyrrole nitrogens is 1. The Morgan fingerprint density at radius 1 is 1.54 bits per heavy atom. The van der Waals surface area contributed by atoms with Crippen LogP contribution in [0.25, 0.3) is 11.0 Å². The third-order valence-corrected chi connectivity index (χ3v) is 1.64. The molecule has 6 nitrogen and oxygen atoms in total. The van der Waals surface area contributed by atoms with Crippen molar-refractivity contribution in [3.8, 4) is 0 Å². The normalized spacial score (nSPS) is 10.5. The van der Waals surface area contributed by atoms with Crippen LogP contribution in [-0.2, 0) is 0 Å². The van der Waals surface area contributed by atoms with E-state index in [1.807, 2.05) is 0 Å². The topological polar surface area (TPSA) is 105 Å². The number of anilines is 1. The first-order chi connectivity index (χ1) is 6.18. The van der Waals surface area contributed by atoms with E-state index in [-0.39, 0.29) is 11.6 Å². The van der Waals surface area contributed by atoms with E-state index in [9.17, 15) is 4.79 Å². The number of carbonyl (C=O) groups is 1. The van der Waals surface area contributed by atoms with Crippen LogP contribution in [0.5, 0.6) is 0 Å². The van der Waals surface area contributed by atoms with Crippen LogP contribution in [0.3, 0.4) is 0 Å². The second kappa shape index (κ2) is 2.44. The molecule has 6 heteroatoms. The standard InChI is InChI=1S/C7H6N4O2/c8-4-3-1-2-9-5(3)11-6(10-4)7(12)13/h1-2H,(H,12,13)(H3,8,9,10,11). The van der Waals surface area contributed by atoms with Gasteiger partial charge < -0.3 is 15.8 Å². The van der Waals surface area contributed by atoms with Gasteiger partial charge >= 0.3 is 5.97 Å². The highest BCUT2D eigenvalue weighted by atomic mass is 16.4. The van der Waals surface area contributed by atoms with E-state index in [2.05, 4.69) is 15.0 Å². The van der Waals surface area contributed by atoms with Crippen LogP contribution < -0.4 is 5.73 Å². The van der Waals surface area contributed by atoms with E-state index in [0.29, 0.717) is 11.0 Å². The predicted molar refractivity (Wildman–Crippen MR) is 45.3 cm³/mol. The average Bonchev–Trinajstić information content (AvgIpc) is 2.51. The van der Waals surface area contributed by atoms with E-state index in [0.717, 1.165) is 0 Å². The van der Waals surface area contributed by atoms with Crippen LogP contribution in [0.15, 0.2) is 12.3 Å². The number of nitrogens with two attached hydrogens (primary N) is 1. The van der Waals surface area contributed by atoms with Gasteiger partial charge in [0.1, 0.15) is 11.5 Å². The average molecular weight is 178 g/mol. The Morgan fingerprint density at radius 3 is 3.00 bits per heavy atom. The Morgan fingerprint density at radius 2 is 2.31 bits per heavy atom. The Kier molecular flexibility index (Phi) is 1.42. The fraction of sp³-hybridized carbons (Fsp3) is 0. The molecule has 66 valence electrons. The van der Waals surface area contributed by atoms with Crippen LogP contribution in [0.2, 0.25) is 0 Å². The maximum atomic E-state index is 10.5. The lowest BCUT2D eigenvalue weighted by atomic mass is 10.4. The Hall–Kier alpha value is -2.11. The first-order valence-electron chi connectivity index (χ1n) is 3.52. The van der Waals surface area contributed by atoms with Crippen molar-refractivity contribution in [2.45, 2.75) is 0 Å². The Balaban J connectivity index is 2.77. The third kappa shape index (κ3) is 1.08. The van der Waals surface area contributed by atoms with Crippen LogP contribution in [0.1, 0.15) is 10.6 Å². The SMILES string of the molecule is Nc1nc(C(=O)O)nc2[nH]ccc12. The molecule has 0 amide bonds. The van der Waals surface area contributed by atoms with Crippen LogP contribution in [0, 0.1) is 0 Å². The van der Waals surface area contributed by atoms with Gasteiger partial charge in [0.25, 0.3) is 0 Å². The van der Waals surface area contributed by atoms with Crippen molar-refractivity contribution in [2.24, 2.45) is 0 Å². The van der Waals surface area contributed by atoms with Gasteiger partial charge in [-0.3, -0.25) is 0 Å². The molecule has 2 rings (SSSR count). The summed E-state index contributed by atoms with van der Waals surface area (Å²) in [4.78, 5) is 20.7. The van der Waals surface area contributed by atoms with Gasteiger partial charge in [-0.1, -0.05) is 0 Å². The number of rotatable bonds is 1. The summed E-state index contributed by atoms with van der Waals surface area (Å²) in [6, 6.07) is 1.69. The molecule has 0 atom stereocenters. The number of aromatic carboxylic acids is 1. The van der Waals surface area contributed by atoms with Gasteiger partial charge in [0.2, 0.25) is 5.82 Å². The minimum atomic E-state index is -1.19. The molecule has 0 unspecified atom stereocenters. The van der Waals surface area contributed by atoms with Gasteiger partial charge in [-0.05, 0) is 6.07 Å². The summed E-state index contributed by atoms with van der Waals surface area (Å²) in [6.07, 6.45) is 1.63. The number of hydrogen-bond donors (Lipinski definition) is 3. The molecule has 0 saturated carbocycles. The molecule has 0 aromatic carbocycles. The Labute approximate surface area is 72.4 Å². The molecule has 13 heavy (non-hydrogen) atoms. The summed E-state index contributed by atoms with van der Waals surface area (Å²) in [7, 11) is 0. The fourth-order valence-corrected chi connectivity index (χ4v) is 1.06. The zero-order valence-corrected chi connectivity index (χ0v) is 6.48. The molecule has 0 saturated heterocycles. The number of aromatic amines is 1. The Bertz CT molecular complexity index is 476.